The molecule has 2 aliphatic rings. The minimum Gasteiger partial charge on any atom is -0.382 e. The van der Waals surface area contributed by atoms with Gasteiger partial charge in [-0.25, -0.2) is 13.4 Å². The van der Waals surface area contributed by atoms with Crippen LogP contribution >= 0.6 is 0 Å². The molecule has 8 heteroatoms. The SMILES string of the molecule is Nc1ncc(N2CCOCC2)cc1N1CCCS1(=O)=O. The molecule has 0 aliphatic carbocycles. The van der Waals surface area contributed by atoms with Crippen LogP contribution < -0.4 is 14.9 Å². The summed E-state index contributed by atoms with van der Waals surface area (Å²) in [4.78, 5) is 6.28. The van der Waals surface area contributed by atoms with Crippen molar-refractivity contribution in [1.29, 1.82) is 0 Å². The van der Waals surface area contributed by atoms with Gasteiger partial charge >= 0.3 is 0 Å². The molecule has 0 saturated carbocycles. The third kappa shape index (κ3) is 2.40. The van der Waals surface area contributed by atoms with Crippen LogP contribution in [-0.4, -0.2) is 52.0 Å². The summed E-state index contributed by atoms with van der Waals surface area (Å²) in [6, 6.07) is 1.82. The minimum absolute atomic E-state index is 0.175. The smallest absolute Gasteiger partial charge is 0.235 e. The maximum Gasteiger partial charge on any atom is 0.235 e. The molecule has 1 aromatic rings. The van der Waals surface area contributed by atoms with Crippen molar-refractivity contribution < 1.29 is 13.2 Å². The molecular formula is C12H18N4O3S. The van der Waals surface area contributed by atoms with Gasteiger partial charge in [0.2, 0.25) is 10.0 Å². The second-order valence-electron chi connectivity index (χ2n) is 4.94. The zero-order chi connectivity index (χ0) is 14.2. The van der Waals surface area contributed by atoms with Gasteiger partial charge in [0.1, 0.15) is 5.82 Å². The van der Waals surface area contributed by atoms with Crippen molar-refractivity contribution in [3.8, 4) is 0 Å². The number of nitrogen functional groups attached to an aromatic ring is 1. The molecule has 2 fully saturated rings. The summed E-state index contributed by atoms with van der Waals surface area (Å²) in [6.07, 6.45) is 2.32. The van der Waals surface area contributed by atoms with Crippen LogP contribution in [0.5, 0.6) is 0 Å². The van der Waals surface area contributed by atoms with E-state index in [2.05, 4.69) is 9.88 Å². The molecule has 0 spiro atoms. The number of anilines is 3. The third-order valence-electron chi connectivity index (χ3n) is 3.63. The molecule has 110 valence electrons. The maximum atomic E-state index is 12.0. The van der Waals surface area contributed by atoms with Gasteiger partial charge in [-0.3, -0.25) is 4.31 Å². The van der Waals surface area contributed by atoms with Crippen LogP contribution in [-0.2, 0) is 14.8 Å². The Bertz CT molecular complexity index is 599. The van der Waals surface area contributed by atoms with E-state index in [1.165, 1.54) is 4.31 Å². The van der Waals surface area contributed by atoms with Crippen molar-refractivity contribution in [1.82, 2.24) is 4.98 Å². The fourth-order valence-corrected chi connectivity index (χ4v) is 4.12. The van der Waals surface area contributed by atoms with E-state index >= 15 is 0 Å². The monoisotopic (exact) mass is 298 g/mol. The first-order chi connectivity index (χ1) is 9.58. The summed E-state index contributed by atoms with van der Waals surface area (Å²) in [7, 11) is -3.24. The first kappa shape index (κ1) is 13.4. The number of pyridine rings is 1. The van der Waals surface area contributed by atoms with Gasteiger partial charge in [0, 0.05) is 19.6 Å². The molecule has 2 aliphatic heterocycles. The van der Waals surface area contributed by atoms with Crippen LogP contribution in [0.15, 0.2) is 12.3 Å². The lowest BCUT2D eigenvalue weighted by molar-refractivity contribution is 0.122. The predicted octanol–water partition coefficient (Wildman–Crippen LogP) is 0.0403. The molecule has 0 radical (unpaired) electrons. The molecule has 3 heterocycles. The summed E-state index contributed by atoms with van der Waals surface area (Å²) in [5.74, 6) is 0.432. The van der Waals surface area contributed by atoms with Crippen molar-refractivity contribution in [3.05, 3.63) is 12.3 Å². The number of aromatic nitrogens is 1. The molecule has 0 bridgehead atoms. The average molecular weight is 298 g/mol. The fraction of sp³-hybridized carbons (Fsp3) is 0.583. The van der Waals surface area contributed by atoms with Gasteiger partial charge in [0.05, 0.1) is 36.5 Å². The van der Waals surface area contributed by atoms with Gasteiger partial charge in [-0.2, -0.15) is 0 Å². The summed E-state index contributed by atoms with van der Waals surface area (Å²) in [5, 5.41) is 0. The van der Waals surface area contributed by atoms with Gasteiger partial charge in [-0.15, -0.1) is 0 Å². The van der Waals surface area contributed by atoms with Gasteiger partial charge in [-0.05, 0) is 12.5 Å². The van der Waals surface area contributed by atoms with Crippen molar-refractivity contribution >= 4 is 27.2 Å². The second-order valence-corrected chi connectivity index (χ2v) is 6.95. The molecule has 0 aromatic carbocycles. The summed E-state index contributed by atoms with van der Waals surface area (Å²) >= 11 is 0. The van der Waals surface area contributed by atoms with Crippen molar-refractivity contribution in [2.24, 2.45) is 0 Å². The van der Waals surface area contributed by atoms with E-state index in [4.69, 9.17) is 10.5 Å². The molecule has 2 saturated heterocycles. The van der Waals surface area contributed by atoms with Crippen LogP contribution in [0.3, 0.4) is 0 Å². The fourth-order valence-electron chi connectivity index (χ4n) is 2.56. The highest BCUT2D eigenvalue weighted by Gasteiger charge is 2.30. The Morgan fingerprint density at radius 2 is 2.00 bits per heavy atom. The lowest BCUT2D eigenvalue weighted by Crippen LogP contribution is -2.36. The molecule has 0 unspecified atom stereocenters. The highest BCUT2D eigenvalue weighted by molar-refractivity contribution is 7.93. The molecule has 0 atom stereocenters. The van der Waals surface area contributed by atoms with E-state index in [1.807, 2.05) is 6.07 Å². The van der Waals surface area contributed by atoms with Crippen molar-refractivity contribution in [3.63, 3.8) is 0 Å². The summed E-state index contributed by atoms with van der Waals surface area (Å²) in [5.41, 5.74) is 7.24. The predicted molar refractivity (Wildman–Crippen MR) is 77.4 cm³/mol. The quantitative estimate of drug-likeness (QED) is 0.829. The van der Waals surface area contributed by atoms with Crippen LogP contribution in [0, 0.1) is 0 Å². The highest BCUT2D eigenvalue weighted by Crippen LogP contribution is 2.31. The Kier molecular flexibility index (Phi) is 3.43. The number of nitrogens with two attached hydrogens (primary N) is 1. The molecule has 20 heavy (non-hydrogen) atoms. The van der Waals surface area contributed by atoms with E-state index in [-0.39, 0.29) is 11.6 Å². The number of hydrogen-bond donors (Lipinski definition) is 1. The first-order valence-corrected chi connectivity index (χ1v) is 8.27. The average Bonchev–Trinajstić information content (AvgIpc) is 2.80. The molecule has 7 nitrogen and oxygen atoms in total. The molecule has 3 rings (SSSR count). The first-order valence-electron chi connectivity index (χ1n) is 6.66. The Balaban J connectivity index is 1.94. The number of nitrogens with zero attached hydrogens (tertiary/aromatic N) is 3. The van der Waals surface area contributed by atoms with E-state index < -0.39 is 10.0 Å². The number of rotatable bonds is 2. The third-order valence-corrected chi connectivity index (χ3v) is 5.48. The maximum absolute atomic E-state index is 12.0. The van der Waals surface area contributed by atoms with E-state index in [1.54, 1.807) is 6.20 Å². The normalized spacial score (nSPS) is 22.2. The zero-order valence-corrected chi connectivity index (χ0v) is 12.0. The Hall–Kier alpha value is -1.54. The summed E-state index contributed by atoms with van der Waals surface area (Å²) < 4.78 is 30.7. The zero-order valence-electron chi connectivity index (χ0n) is 11.2. The highest BCUT2D eigenvalue weighted by atomic mass is 32.2. The minimum atomic E-state index is -3.24. The van der Waals surface area contributed by atoms with Crippen LogP contribution in [0.25, 0.3) is 0 Å². The number of hydrogen-bond acceptors (Lipinski definition) is 6. The van der Waals surface area contributed by atoms with Crippen LogP contribution in [0.1, 0.15) is 6.42 Å². The topological polar surface area (TPSA) is 88.8 Å². The molecule has 2 N–H and O–H groups in total. The van der Waals surface area contributed by atoms with Crippen molar-refractivity contribution in [2.45, 2.75) is 6.42 Å². The number of ether oxygens (including phenoxy) is 1. The van der Waals surface area contributed by atoms with Crippen LogP contribution in [0.4, 0.5) is 17.2 Å². The van der Waals surface area contributed by atoms with Gasteiger partial charge in [0.15, 0.2) is 0 Å². The van der Waals surface area contributed by atoms with Gasteiger partial charge in [-0.1, -0.05) is 0 Å². The van der Waals surface area contributed by atoms with E-state index in [0.29, 0.717) is 31.9 Å². The van der Waals surface area contributed by atoms with Gasteiger partial charge < -0.3 is 15.4 Å². The second kappa shape index (κ2) is 5.10. The van der Waals surface area contributed by atoms with E-state index in [0.717, 1.165) is 18.8 Å². The largest absolute Gasteiger partial charge is 0.382 e. The lowest BCUT2D eigenvalue weighted by atomic mass is 10.3. The van der Waals surface area contributed by atoms with Gasteiger partial charge in [0.25, 0.3) is 0 Å². The molecular weight excluding hydrogens is 280 g/mol. The van der Waals surface area contributed by atoms with Crippen molar-refractivity contribution in [2.75, 3.05) is 53.5 Å². The van der Waals surface area contributed by atoms with E-state index in [9.17, 15) is 8.42 Å². The Morgan fingerprint density at radius 3 is 2.65 bits per heavy atom. The number of morpholine rings is 1. The Labute approximate surface area is 118 Å². The lowest BCUT2D eigenvalue weighted by Gasteiger charge is -2.29. The Morgan fingerprint density at radius 1 is 1.25 bits per heavy atom. The van der Waals surface area contributed by atoms with Crippen LogP contribution in [0.2, 0.25) is 0 Å². The standard InChI is InChI=1S/C12H18N4O3S/c13-12-11(16-2-1-7-20(16,17)18)8-10(9-14-12)15-3-5-19-6-4-15/h8-9H,1-7H2,(H2,13,14). The number of sulfonamides is 1. The molecule has 1 aromatic heterocycles. The molecule has 0 amide bonds. The summed E-state index contributed by atoms with van der Waals surface area (Å²) in [6.45, 7) is 3.36.